The average molecular weight is 410 g/mol. The van der Waals surface area contributed by atoms with Gasteiger partial charge in [0, 0.05) is 13.1 Å². The van der Waals surface area contributed by atoms with E-state index in [1.165, 1.54) is 0 Å². The Bertz CT molecular complexity index is 537. The van der Waals surface area contributed by atoms with Crippen LogP contribution in [0.2, 0.25) is 0 Å². The Morgan fingerprint density at radius 1 is 1.04 bits per heavy atom. The Balaban J connectivity index is 4.49. The summed E-state index contributed by atoms with van der Waals surface area (Å²) in [6.45, 7) is 8.72. The minimum Gasteiger partial charge on any atom is -0.481 e. The van der Waals surface area contributed by atoms with E-state index in [1.807, 2.05) is 0 Å². The van der Waals surface area contributed by atoms with Gasteiger partial charge in [0.2, 0.25) is 5.91 Å². The molecular weight excluding hydrogens is 379 g/mol. The van der Waals surface area contributed by atoms with Gasteiger partial charge in [0.05, 0.1) is 19.4 Å². The fraction of sp³-hybridized carbons (Fsp3) is 0.812. The smallest absolute Gasteiger partial charge is 0.407 e. The molecule has 2 amide bonds. The van der Waals surface area contributed by atoms with Crippen LogP contribution in [0, 0.1) is 5.92 Å². The first-order valence-corrected chi connectivity index (χ1v) is 10.5. The second kappa shape index (κ2) is 11.9. The normalized spacial score (nSPS) is 12.9. The van der Waals surface area contributed by atoms with Gasteiger partial charge in [-0.25, -0.2) is 4.79 Å². The molecule has 0 aliphatic heterocycles. The van der Waals surface area contributed by atoms with Gasteiger partial charge in [-0.15, -0.1) is 0 Å². The lowest BCUT2D eigenvalue weighted by molar-refractivity contribution is -0.147. The number of carbonyl (C=O) groups is 3. The van der Waals surface area contributed by atoms with Crippen LogP contribution in [0.4, 0.5) is 4.79 Å². The third kappa shape index (κ3) is 11.6. The molecule has 0 spiro atoms. The number of hydrogen-bond donors (Lipinski definition) is 3. The molecule has 0 fully saturated rings. The quantitative estimate of drug-likeness (QED) is 0.328. The monoisotopic (exact) mass is 410 g/mol. The number of nitrogens with one attached hydrogen (secondary N) is 2. The highest BCUT2D eigenvalue weighted by Crippen LogP contribution is 2.47. The summed E-state index contributed by atoms with van der Waals surface area (Å²) in [4.78, 5) is 34.9. The van der Waals surface area contributed by atoms with Gasteiger partial charge in [-0.1, -0.05) is 0 Å². The molecule has 158 valence electrons. The van der Waals surface area contributed by atoms with Gasteiger partial charge in [0.15, 0.2) is 0 Å². The van der Waals surface area contributed by atoms with E-state index in [1.54, 1.807) is 34.6 Å². The minimum atomic E-state index is -3.32. The highest BCUT2D eigenvalue weighted by molar-refractivity contribution is 7.53. The summed E-state index contributed by atoms with van der Waals surface area (Å²) in [5.74, 6) is -3.43. The number of alkyl carbamates (subject to hydrolysis) is 1. The van der Waals surface area contributed by atoms with Crippen LogP contribution in [-0.2, 0) is 27.9 Å². The van der Waals surface area contributed by atoms with Gasteiger partial charge in [-0.3, -0.25) is 14.2 Å². The predicted molar refractivity (Wildman–Crippen MR) is 98.7 cm³/mol. The number of hydrogen-bond acceptors (Lipinski definition) is 7. The lowest BCUT2D eigenvalue weighted by Crippen LogP contribution is -2.40. The Labute approximate surface area is 159 Å². The van der Waals surface area contributed by atoms with Crippen molar-refractivity contribution in [2.24, 2.45) is 5.92 Å². The minimum absolute atomic E-state index is 0.0459. The maximum atomic E-state index is 12.3. The van der Waals surface area contributed by atoms with Crippen molar-refractivity contribution in [3.05, 3.63) is 0 Å². The van der Waals surface area contributed by atoms with Crippen LogP contribution < -0.4 is 10.6 Å². The molecule has 0 aliphatic carbocycles. The van der Waals surface area contributed by atoms with Gasteiger partial charge in [-0.05, 0) is 41.0 Å². The Kier molecular flexibility index (Phi) is 11.2. The van der Waals surface area contributed by atoms with Crippen LogP contribution in [0.3, 0.4) is 0 Å². The van der Waals surface area contributed by atoms with Crippen molar-refractivity contribution in [3.8, 4) is 0 Å². The lowest BCUT2D eigenvalue weighted by atomic mass is 10.1. The molecule has 0 rings (SSSR count). The topological polar surface area (TPSA) is 140 Å². The zero-order valence-corrected chi connectivity index (χ0v) is 17.5. The van der Waals surface area contributed by atoms with Crippen LogP contribution in [0.15, 0.2) is 0 Å². The largest absolute Gasteiger partial charge is 0.481 e. The molecule has 1 atom stereocenters. The number of amides is 2. The zero-order chi connectivity index (χ0) is 21.1. The van der Waals surface area contributed by atoms with Crippen molar-refractivity contribution >= 4 is 25.6 Å². The van der Waals surface area contributed by atoms with Gasteiger partial charge in [0.1, 0.15) is 11.5 Å². The maximum Gasteiger partial charge on any atom is 0.407 e. The number of carboxylic acid groups (broad SMARTS) is 1. The molecule has 0 aromatic rings. The molecule has 1 unspecified atom stereocenters. The SMILES string of the molecule is CCOP(=O)(CCNC(=O)C(CCNC(=O)OC(C)(C)C)C(=O)O)OCC. The first-order valence-electron chi connectivity index (χ1n) is 8.79. The van der Waals surface area contributed by atoms with Crippen LogP contribution in [0.5, 0.6) is 0 Å². The van der Waals surface area contributed by atoms with E-state index in [0.29, 0.717) is 0 Å². The standard InChI is InChI=1S/C16H31N2O8P/c1-6-24-27(23,25-7-2)11-10-17-13(19)12(14(20)21)8-9-18-15(22)26-16(3,4)5/h12H,6-11H2,1-5H3,(H,17,19)(H,18,22)(H,20,21). The fourth-order valence-corrected chi connectivity index (χ4v) is 3.50. The molecular formula is C16H31N2O8P. The lowest BCUT2D eigenvalue weighted by Gasteiger charge is -2.20. The molecule has 0 bridgehead atoms. The summed E-state index contributed by atoms with van der Waals surface area (Å²) in [6.07, 6.45) is -0.876. The van der Waals surface area contributed by atoms with Crippen molar-refractivity contribution in [1.82, 2.24) is 10.6 Å². The first-order chi connectivity index (χ1) is 12.4. The van der Waals surface area contributed by atoms with Crippen molar-refractivity contribution in [3.63, 3.8) is 0 Å². The Morgan fingerprint density at radius 2 is 1.59 bits per heavy atom. The summed E-state index contributed by atoms with van der Waals surface area (Å²) >= 11 is 0. The van der Waals surface area contributed by atoms with E-state index in [2.05, 4.69) is 10.6 Å². The molecule has 27 heavy (non-hydrogen) atoms. The number of rotatable bonds is 12. The molecule has 11 heteroatoms. The van der Waals surface area contributed by atoms with Gasteiger partial charge in [-0.2, -0.15) is 0 Å². The van der Waals surface area contributed by atoms with Crippen molar-refractivity contribution in [1.29, 1.82) is 0 Å². The summed E-state index contributed by atoms with van der Waals surface area (Å²) < 4.78 is 27.5. The Morgan fingerprint density at radius 3 is 2.04 bits per heavy atom. The zero-order valence-electron chi connectivity index (χ0n) is 16.6. The van der Waals surface area contributed by atoms with Crippen molar-refractivity contribution in [2.45, 2.75) is 46.6 Å². The van der Waals surface area contributed by atoms with Crippen LogP contribution >= 0.6 is 7.60 Å². The van der Waals surface area contributed by atoms with E-state index in [4.69, 9.17) is 13.8 Å². The highest BCUT2D eigenvalue weighted by Gasteiger charge is 2.28. The summed E-state index contributed by atoms with van der Waals surface area (Å²) in [5, 5.41) is 14.0. The van der Waals surface area contributed by atoms with Crippen molar-refractivity contribution < 1.29 is 37.8 Å². The van der Waals surface area contributed by atoms with E-state index >= 15 is 0 Å². The van der Waals surface area contributed by atoms with Gasteiger partial charge < -0.3 is 29.5 Å². The summed E-state index contributed by atoms with van der Waals surface area (Å²) in [6, 6.07) is 0. The molecule has 0 radical (unpaired) electrons. The molecule has 0 saturated heterocycles. The second-order valence-electron chi connectivity index (χ2n) is 6.57. The summed E-state index contributed by atoms with van der Waals surface area (Å²) in [7, 11) is -3.32. The second-order valence-corrected chi connectivity index (χ2v) is 8.75. The fourth-order valence-electron chi connectivity index (χ4n) is 2.00. The Hall–Kier alpha value is -1.64. The van der Waals surface area contributed by atoms with Crippen LogP contribution in [-0.4, -0.2) is 61.1 Å². The third-order valence-corrected chi connectivity index (χ3v) is 5.13. The predicted octanol–water partition coefficient (Wildman–Crippen LogP) is 1.98. The molecule has 3 N–H and O–H groups in total. The van der Waals surface area contributed by atoms with Crippen LogP contribution in [0.25, 0.3) is 0 Å². The molecule has 0 aromatic heterocycles. The van der Waals surface area contributed by atoms with E-state index in [-0.39, 0.29) is 38.9 Å². The summed E-state index contributed by atoms with van der Waals surface area (Å²) in [5.41, 5.74) is -0.678. The third-order valence-electron chi connectivity index (χ3n) is 3.05. The molecule has 0 aromatic carbocycles. The molecule has 0 saturated carbocycles. The highest BCUT2D eigenvalue weighted by atomic mass is 31.2. The number of carbonyl (C=O) groups excluding carboxylic acids is 2. The van der Waals surface area contributed by atoms with Gasteiger partial charge in [0.25, 0.3) is 0 Å². The number of carboxylic acids is 1. The molecule has 0 aliphatic rings. The number of ether oxygens (including phenoxy) is 1. The van der Waals surface area contributed by atoms with E-state index in [9.17, 15) is 24.1 Å². The number of aliphatic carboxylic acids is 1. The van der Waals surface area contributed by atoms with Crippen molar-refractivity contribution in [2.75, 3.05) is 32.5 Å². The van der Waals surface area contributed by atoms with Crippen LogP contribution in [0.1, 0.15) is 41.0 Å². The first kappa shape index (κ1) is 25.4. The van der Waals surface area contributed by atoms with Gasteiger partial charge >= 0.3 is 19.7 Å². The van der Waals surface area contributed by atoms with E-state index < -0.39 is 37.1 Å². The van der Waals surface area contributed by atoms with E-state index in [0.717, 1.165) is 0 Å². The maximum absolute atomic E-state index is 12.3. The molecule has 10 nitrogen and oxygen atoms in total. The average Bonchev–Trinajstić information content (AvgIpc) is 2.49. The molecule has 0 heterocycles.